The molecular formula is C61H113NO5. The standard InChI is InChI=1S/C61H113NO5/c1-3-5-7-9-11-13-15-17-19-27-31-35-39-43-47-51-55-61(66)67-56-52-48-44-40-36-32-28-24-22-20-21-23-26-30-34-38-42-46-50-54-60(65)62-58(57-63)59(64)53-49-45-41-37-33-29-25-18-16-14-12-10-8-6-4-2/h13,15,19-21,27,49,53,58-59,63-64H,3-12,14,16-18,22-26,28-48,50-52,54-57H2,1-2H3,(H,62,65)/b15-13-,21-20-,27-19-,53-49+. The largest absolute Gasteiger partial charge is 0.466 e. The Kier molecular flexibility index (Phi) is 54.6. The first-order valence-corrected chi connectivity index (χ1v) is 29.4. The predicted molar refractivity (Wildman–Crippen MR) is 292 cm³/mol. The molecule has 0 aliphatic heterocycles. The summed E-state index contributed by atoms with van der Waals surface area (Å²) in [4.78, 5) is 24.5. The smallest absolute Gasteiger partial charge is 0.305 e. The van der Waals surface area contributed by atoms with Gasteiger partial charge in [-0.15, -0.1) is 0 Å². The molecule has 3 N–H and O–H groups in total. The van der Waals surface area contributed by atoms with Crippen LogP contribution >= 0.6 is 0 Å². The lowest BCUT2D eigenvalue weighted by Gasteiger charge is -2.20. The van der Waals surface area contributed by atoms with E-state index >= 15 is 0 Å². The van der Waals surface area contributed by atoms with E-state index < -0.39 is 12.1 Å². The number of ether oxygens (including phenoxy) is 1. The van der Waals surface area contributed by atoms with Gasteiger partial charge in [0.2, 0.25) is 5.91 Å². The molecule has 2 unspecified atom stereocenters. The highest BCUT2D eigenvalue weighted by Gasteiger charge is 2.18. The van der Waals surface area contributed by atoms with Crippen LogP contribution in [0.5, 0.6) is 0 Å². The van der Waals surface area contributed by atoms with Gasteiger partial charge in [-0.3, -0.25) is 9.59 Å². The summed E-state index contributed by atoms with van der Waals surface area (Å²) in [7, 11) is 0. The molecule has 0 aromatic heterocycles. The summed E-state index contributed by atoms with van der Waals surface area (Å²) in [5.41, 5.74) is 0. The monoisotopic (exact) mass is 940 g/mol. The number of amides is 1. The summed E-state index contributed by atoms with van der Waals surface area (Å²) < 4.78 is 5.47. The average molecular weight is 941 g/mol. The number of allylic oxidation sites excluding steroid dienone is 7. The van der Waals surface area contributed by atoms with Gasteiger partial charge >= 0.3 is 5.97 Å². The molecule has 0 radical (unpaired) electrons. The van der Waals surface area contributed by atoms with E-state index in [1.54, 1.807) is 6.08 Å². The molecule has 67 heavy (non-hydrogen) atoms. The van der Waals surface area contributed by atoms with E-state index in [1.807, 2.05) is 6.08 Å². The SMILES string of the molecule is CCCCCC/C=C\C/C=C\CCCCCCCC(=O)OCCCCCCCCCC/C=C\CCCCCCCCCC(=O)NC(CO)C(O)/C=C/CCCCCCCCCCCCCCC. The van der Waals surface area contributed by atoms with Gasteiger partial charge in [0.1, 0.15) is 0 Å². The molecule has 0 aromatic carbocycles. The van der Waals surface area contributed by atoms with Gasteiger partial charge in [0, 0.05) is 12.8 Å². The van der Waals surface area contributed by atoms with Crippen LogP contribution in [0.1, 0.15) is 303 Å². The van der Waals surface area contributed by atoms with E-state index in [9.17, 15) is 19.8 Å². The number of esters is 1. The van der Waals surface area contributed by atoms with Gasteiger partial charge in [0.15, 0.2) is 0 Å². The van der Waals surface area contributed by atoms with Crippen LogP contribution in [-0.2, 0) is 14.3 Å². The van der Waals surface area contributed by atoms with Crippen LogP contribution in [-0.4, -0.2) is 47.4 Å². The van der Waals surface area contributed by atoms with Gasteiger partial charge in [-0.05, 0) is 89.9 Å². The van der Waals surface area contributed by atoms with Gasteiger partial charge < -0.3 is 20.3 Å². The highest BCUT2D eigenvalue weighted by atomic mass is 16.5. The third kappa shape index (κ3) is 53.0. The van der Waals surface area contributed by atoms with Gasteiger partial charge in [0.25, 0.3) is 0 Å². The number of aliphatic hydroxyl groups excluding tert-OH is 2. The Morgan fingerprint density at radius 2 is 0.746 bits per heavy atom. The van der Waals surface area contributed by atoms with Crippen molar-refractivity contribution < 1.29 is 24.5 Å². The molecule has 1 amide bonds. The highest BCUT2D eigenvalue weighted by molar-refractivity contribution is 5.76. The molecule has 0 bridgehead atoms. The number of carbonyl (C=O) groups is 2. The van der Waals surface area contributed by atoms with Crippen molar-refractivity contribution in [1.29, 1.82) is 0 Å². The molecule has 0 aliphatic rings. The molecule has 0 spiro atoms. The Morgan fingerprint density at radius 3 is 1.16 bits per heavy atom. The predicted octanol–water partition coefficient (Wildman–Crippen LogP) is 18.2. The number of carbonyl (C=O) groups excluding carboxylic acids is 2. The lowest BCUT2D eigenvalue weighted by molar-refractivity contribution is -0.143. The third-order valence-electron chi connectivity index (χ3n) is 13.3. The van der Waals surface area contributed by atoms with E-state index in [-0.39, 0.29) is 18.5 Å². The van der Waals surface area contributed by atoms with Crippen molar-refractivity contribution in [2.24, 2.45) is 0 Å². The second-order valence-corrected chi connectivity index (χ2v) is 20.0. The Morgan fingerprint density at radius 1 is 0.418 bits per heavy atom. The minimum atomic E-state index is -0.851. The fourth-order valence-electron chi connectivity index (χ4n) is 8.78. The van der Waals surface area contributed by atoms with Crippen molar-refractivity contribution in [3.63, 3.8) is 0 Å². The fourth-order valence-corrected chi connectivity index (χ4v) is 8.78. The van der Waals surface area contributed by atoms with Crippen molar-refractivity contribution in [1.82, 2.24) is 5.32 Å². The summed E-state index contributed by atoms with van der Waals surface area (Å²) in [5, 5.41) is 23.1. The van der Waals surface area contributed by atoms with Crippen LogP contribution in [0.15, 0.2) is 48.6 Å². The zero-order valence-electron chi connectivity index (χ0n) is 44.6. The topological polar surface area (TPSA) is 95.9 Å². The lowest BCUT2D eigenvalue weighted by Crippen LogP contribution is -2.45. The maximum atomic E-state index is 12.5. The van der Waals surface area contributed by atoms with Crippen LogP contribution in [0, 0.1) is 0 Å². The number of unbranched alkanes of at least 4 members (excludes halogenated alkanes) is 37. The van der Waals surface area contributed by atoms with Gasteiger partial charge in [-0.1, -0.05) is 249 Å². The first-order chi connectivity index (χ1) is 33.0. The molecule has 0 aliphatic carbocycles. The van der Waals surface area contributed by atoms with E-state index in [0.717, 1.165) is 64.2 Å². The first kappa shape index (κ1) is 64.8. The Balaban J connectivity index is 3.48. The number of hydrogen-bond acceptors (Lipinski definition) is 5. The molecule has 392 valence electrons. The summed E-state index contributed by atoms with van der Waals surface area (Å²) in [5.74, 6) is -0.0887. The van der Waals surface area contributed by atoms with Crippen LogP contribution in [0.2, 0.25) is 0 Å². The molecule has 0 heterocycles. The van der Waals surface area contributed by atoms with Crippen molar-refractivity contribution in [3.8, 4) is 0 Å². The number of rotatable bonds is 54. The molecule has 0 saturated heterocycles. The summed E-state index contributed by atoms with van der Waals surface area (Å²) >= 11 is 0. The third-order valence-corrected chi connectivity index (χ3v) is 13.3. The van der Waals surface area contributed by atoms with Crippen molar-refractivity contribution in [3.05, 3.63) is 48.6 Å². The molecule has 6 nitrogen and oxygen atoms in total. The molecule has 0 aromatic rings. The Hall–Kier alpha value is -2.18. The minimum Gasteiger partial charge on any atom is -0.466 e. The van der Waals surface area contributed by atoms with Crippen LogP contribution in [0.25, 0.3) is 0 Å². The van der Waals surface area contributed by atoms with E-state index in [2.05, 4.69) is 55.6 Å². The second kappa shape index (κ2) is 56.4. The van der Waals surface area contributed by atoms with Gasteiger partial charge in [-0.25, -0.2) is 0 Å². The highest BCUT2D eigenvalue weighted by Crippen LogP contribution is 2.16. The first-order valence-electron chi connectivity index (χ1n) is 29.4. The van der Waals surface area contributed by atoms with Crippen molar-refractivity contribution in [2.45, 2.75) is 315 Å². The van der Waals surface area contributed by atoms with Crippen LogP contribution in [0.4, 0.5) is 0 Å². The zero-order valence-corrected chi connectivity index (χ0v) is 44.6. The van der Waals surface area contributed by atoms with E-state index in [4.69, 9.17) is 4.74 Å². The normalized spacial score (nSPS) is 13.0. The lowest BCUT2D eigenvalue weighted by atomic mass is 10.0. The van der Waals surface area contributed by atoms with Crippen LogP contribution < -0.4 is 5.32 Å². The second-order valence-electron chi connectivity index (χ2n) is 20.0. The van der Waals surface area contributed by atoms with Crippen LogP contribution in [0.3, 0.4) is 0 Å². The quantitative estimate of drug-likeness (QED) is 0.0321. The Labute approximate surface area is 416 Å². The summed E-state index contributed by atoms with van der Waals surface area (Å²) in [6.07, 6.45) is 71.3. The molecule has 0 fully saturated rings. The minimum absolute atomic E-state index is 0.0107. The van der Waals surface area contributed by atoms with Crippen molar-refractivity contribution in [2.75, 3.05) is 13.2 Å². The number of nitrogens with one attached hydrogen (secondary N) is 1. The average Bonchev–Trinajstić information content (AvgIpc) is 3.33. The van der Waals surface area contributed by atoms with Crippen molar-refractivity contribution >= 4 is 11.9 Å². The summed E-state index contributed by atoms with van der Waals surface area (Å²) in [6.45, 7) is 4.87. The maximum Gasteiger partial charge on any atom is 0.305 e. The Bertz CT molecular complexity index is 1130. The molecule has 0 saturated carbocycles. The number of hydrogen-bond donors (Lipinski definition) is 3. The van der Waals surface area contributed by atoms with Gasteiger partial charge in [-0.2, -0.15) is 0 Å². The molecule has 2 atom stereocenters. The summed E-state index contributed by atoms with van der Waals surface area (Å²) in [6, 6.07) is -0.636. The molecule has 0 rings (SSSR count). The van der Waals surface area contributed by atoms with E-state index in [1.165, 1.54) is 212 Å². The fraction of sp³-hybridized carbons (Fsp3) is 0.836. The van der Waals surface area contributed by atoms with E-state index in [0.29, 0.717) is 19.4 Å². The zero-order chi connectivity index (χ0) is 48.6. The molecular weight excluding hydrogens is 827 g/mol. The number of aliphatic hydroxyl groups is 2. The maximum absolute atomic E-state index is 12.5. The molecule has 6 heteroatoms. The van der Waals surface area contributed by atoms with Gasteiger partial charge in [0.05, 0.1) is 25.4 Å².